The summed E-state index contributed by atoms with van der Waals surface area (Å²) in [6.07, 6.45) is 0.980. The third-order valence-electron chi connectivity index (χ3n) is 2.54. The first-order valence-electron chi connectivity index (χ1n) is 5.05. The molecule has 16 heavy (non-hydrogen) atoms. The van der Waals surface area contributed by atoms with E-state index < -0.39 is 6.10 Å². The molecule has 2 heterocycles. The van der Waals surface area contributed by atoms with Crippen LogP contribution >= 0.6 is 11.3 Å². The average molecular weight is 234 g/mol. The van der Waals surface area contributed by atoms with Crippen molar-refractivity contribution in [3.63, 3.8) is 0 Å². The summed E-state index contributed by atoms with van der Waals surface area (Å²) in [6, 6.07) is 5.77. The van der Waals surface area contributed by atoms with Gasteiger partial charge in [0.1, 0.15) is 11.9 Å². The van der Waals surface area contributed by atoms with Gasteiger partial charge in [-0.15, -0.1) is 11.3 Å². The molecule has 4 heteroatoms. The highest BCUT2D eigenvalue weighted by Gasteiger charge is 2.17. The second-order valence-corrected chi connectivity index (χ2v) is 5.10. The summed E-state index contributed by atoms with van der Waals surface area (Å²) in [5, 5.41) is 10.3. The predicted octanol–water partition coefficient (Wildman–Crippen LogP) is 2.42. The minimum atomic E-state index is -0.674. The van der Waals surface area contributed by atoms with Crippen LogP contribution in [0.5, 0.6) is 0 Å². The Labute approximate surface area is 98.6 Å². The van der Waals surface area contributed by atoms with Gasteiger partial charge in [-0.2, -0.15) is 0 Å². The van der Waals surface area contributed by atoms with E-state index in [1.165, 1.54) is 4.88 Å². The lowest BCUT2D eigenvalue weighted by molar-refractivity contribution is 0.224. The zero-order valence-electron chi connectivity index (χ0n) is 9.27. The number of aryl methyl sites for hydroxylation is 2. The van der Waals surface area contributed by atoms with Crippen molar-refractivity contribution in [2.75, 3.05) is 5.73 Å². The highest BCUT2D eigenvalue weighted by molar-refractivity contribution is 7.12. The standard InChI is InChI=1S/C12H14N2OS/c1-7-5-6-14-12(13)10(7)11(15)9-4-3-8(2)16-9/h3-6,11,15H,1-2H3,(H2,13,14). The molecular formula is C12H14N2OS. The lowest BCUT2D eigenvalue weighted by Crippen LogP contribution is -2.06. The molecule has 0 spiro atoms. The quantitative estimate of drug-likeness (QED) is 0.839. The summed E-state index contributed by atoms with van der Waals surface area (Å²) in [6.45, 7) is 3.94. The van der Waals surface area contributed by atoms with Gasteiger partial charge in [-0.3, -0.25) is 0 Å². The fraction of sp³-hybridized carbons (Fsp3) is 0.250. The van der Waals surface area contributed by atoms with Crippen LogP contribution in [-0.2, 0) is 0 Å². The molecular weight excluding hydrogens is 220 g/mol. The maximum absolute atomic E-state index is 10.3. The summed E-state index contributed by atoms with van der Waals surface area (Å²) in [7, 11) is 0. The molecule has 0 radical (unpaired) electrons. The number of pyridine rings is 1. The maximum atomic E-state index is 10.3. The molecule has 0 amide bonds. The first kappa shape index (κ1) is 11.1. The van der Waals surface area contributed by atoms with Crippen molar-refractivity contribution in [1.29, 1.82) is 0 Å². The third kappa shape index (κ3) is 1.94. The molecule has 2 aromatic rings. The van der Waals surface area contributed by atoms with Gasteiger partial charge in [0.25, 0.3) is 0 Å². The third-order valence-corrected chi connectivity index (χ3v) is 3.60. The van der Waals surface area contributed by atoms with Gasteiger partial charge >= 0.3 is 0 Å². The largest absolute Gasteiger partial charge is 0.383 e. The summed E-state index contributed by atoms with van der Waals surface area (Å²) >= 11 is 1.57. The Kier molecular flexibility index (Phi) is 2.94. The molecule has 0 fully saturated rings. The van der Waals surface area contributed by atoms with Crippen LogP contribution in [-0.4, -0.2) is 10.1 Å². The molecule has 0 aliphatic rings. The van der Waals surface area contributed by atoms with E-state index in [0.29, 0.717) is 11.4 Å². The van der Waals surface area contributed by atoms with Gasteiger partial charge in [0.2, 0.25) is 0 Å². The van der Waals surface area contributed by atoms with Crippen LogP contribution in [0.25, 0.3) is 0 Å². The van der Waals surface area contributed by atoms with Gasteiger partial charge in [0.15, 0.2) is 0 Å². The Balaban J connectivity index is 2.45. The number of nitrogens with zero attached hydrogens (tertiary/aromatic N) is 1. The number of thiophene rings is 1. The average Bonchev–Trinajstić information content (AvgIpc) is 2.64. The number of aliphatic hydroxyl groups excluding tert-OH is 1. The minimum absolute atomic E-state index is 0.401. The smallest absolute Gasteiger partial charge is 0.129 e. The van der Waals surface area contributed by atoms with Gasteiger partial charge in [-0.1, -0.05) is 0 Å². The summed E-state index contributed by atoms with van der Waals surface area (Å²) < 4.78 is 0. The van der Waals surface area contributed by atoms with E-state index in [4.69, 9.17) is 5.73 Å². The van der Waals surface area contributed by atoms with Crippen LogP contribution in [0.15, 0.2) is 24.4 Å². The number of nitrogen functional groups attached to an aromatic ring is 1. The van der Waals surface area contributed by atoms with Gasteiger partial charge in [0.05, 0.1) is 0 Å². The molecule has 2 aromatic heterocycles. The molecule has 0 saturated heterocycles. The molecule has 1 unspecified atom stereocenters. The van der Waals surface area contributed by atoms with Crippen LogP contribution in [0.3, 0.4) is 0 Å². The lowest BCUT2D eigenvalue weighted by Gasteiger charge is -2.13. The monoisotopic (exact) mass is 234 g/mol. The van der Waals surface area contributed by atoms with Gasteiger partial charge in [-0.25, -0.2) is 4.98 Å². The molecule has 84 valence electrons. The summed E-state index contributed by atoms with van der Waals surface area (Å²) in [5.41, 5.74) is 7.48. The van der Waals surface area contributed by atoms with Crippen molar-refractivity contribution < 1.29 is 5.11 Å². The number of nitrogens with two attached hydrogens (primary N) is 1. The maximum Gasteiger partial charge on any atom is 0.129 e. The van der Waals surface area contributed by atoms with Crippen molar-refractivity contribution in [2.45, 2.75) is 20.0 Å². The van der Waals surface area contributed by atoms with Crippen molar-refractivity contribution >= 4 is 17.2 Å². The first-order valence-corrected chi connectivity index (χ1v) is 5.86. The molecule has 3 nitrogen and oxygen atoms in total. The van der Waals surface area contributed by atoms with E-state index in [2.05, 4.69) is 4.98 Å². The Hall–Kier alpha value is -1.39. The first-order chi connectivity index (χ1) is 7.59. The van der Waals surface area contributed by atoms with Gasteiger partial charge in [0, 0.05) is 21.5 Å². The summed E-state index contributed by atoms with van der Waals surface area (Å²) in [4.78, 5) is 6.09. The number of hydrogen-bond donors (Lipinski definition) is 2. The lowest BCUT2D eigenvalue weighted by atomic mass is 10.0. The van der Waals surface area contributed by atoms with Crippen molar-refractivity contribution in [2.24, 2.45) is 0 Å². The fourth-order valence-corrected chi connectivity index (χ4v) is 2.56. The zero-order chi connectivity index (χ0) is 11.7. The molecule has 2 rings (SSSR count). The van der Waals surface area contributed by atoms with Crippen molar-refractivity contribution in [3.05, 3.63) is 45.3 Å². The van der Waals surface area contributed by atoms with Crippen molar-refractivity contribution in [3.8, 4) is 0 Å². The Bertz CT molecular complexity index is 487. The van der Waals surface area contributed by atoms with E-state index in [9.17, 15) is 5.11 Å². The van der Waals surface area contributed by atoms with Crippen LogP contribution in [0, 0.1) is 13.8 Å². The molecule has 0 aliphatic heterocycles. The van der Waals surface area contributed by atoms with Crippen LogP contribution in [0.4, 0.5) is 5.82 Å². The van der Waals surface area contributed by atoms with Crippen molar-refractivity contribution in [1.82, 2.24) is 4.98 Å². The SMILES string of the molecule is Cc1ccc(C(O)c2c(C)ccnc2N)s1. The minimum Gasteiger partial charge on any atom is -0.383 e. The number of hydrogen-bond acceptors (Lipinski definition) is 4. The highest BCUT2D eigenvalue weighted by atomic mass is 32.1. The van der Waals surface area contributed by atoms with Gasteiger partial charge in [-0.05, 0) is 37.6 Å². The predicted molar refractivity (Wildman–Crippen MR) is 66.5 cm³/mol. The fourth-order valence-electron chi connectivity index (χ4n) is 1.69. The van der Waals surface area contributed by atoms with E-state index in [1.807, 2.05) is 32.0 Å². The Morgan fingerprint density at radius 2 is 2.06 bits per heavy atom. The van der Waals surface area contributed by atoms with E-state index in [0.717, 1.165) is 10.4 Å². The van der Waals surface area contributed by atoms with E-state index >= 15 is 0 Å². The van der Waals surface area contributed by atoms with Crippen LogP contribution in [0.1, 0.15) is 27.0 Å². The molecule has 0 aromatic carbocycles. The Morgan fingerprint density at radius 3 is 2.62 bits per heavy atom. The number of aliphatic hydroxyl groups is 1. The molecule has 1 atom stereocenters. The Morgan fingerprint density at radius 1 is 1.31 bits per heavy atom. The molecule has 0 aliphatic carbocycles. The van der Waals surface area contributed by atoms with Crippen LogP contribution < -0.4 is 5.73 Å². The number of aromatic nitrogens is 1. The zero-order valence-corrected chi connectivity index (χ0v) is 10.1. The molecule has 0 saturated carbocycles. The number of anilines is 1. The molecule has 3 N–H and O–H groups in total. The highest BCUT2D eigenvalue weighted by Crippen LogP contribution is 2.32. The van der Waals surface area contributed by atoms with E-state index in [-0.39, 0.29) is 0 Å². The normalized spacial score (nSPS) is 12.7. The second-order valence-electron chi connectivity index (χ2n) is 3.78. The topological polar surface area (TPSA) is 59.1 Å². The number of rotatable bonds is 2. The molecule has 0 bridgehead atoms. The van der Waals surface area contributed by atoms with Gasteiger partial charge < -0.3 is 10.8 Å². The second kappa shape index (κ2) is 4.23. The summed E-state index contributed by atoms with van der Waals surface area (Å²) in [5.74, 6) is 0.401. The van der Waals surface area contributed by atoms with E-state index in [1.54, 1.807) is 17.5 Å². The van der Waals surface area contributed by atoms with Crippen LogP contribution in [0.2, 0.25) is 0 Å².